The summed E-state index contributed by atoms with van der Waals surface area (Å²) in [6.07, 6.45) is 1.69. The quantitative estimate of drug-likeness (QED) is 0.798. The van der Waals surface area contributed by atoms with E-state index in [0.29, 0.717) is 5.56 Å². The Balaban J connectivity index is 0.00000128. The largest absolute Gasteiger partial charge is 0.379 e. The summed E-state index contributed by atoms with van der Waals surface area (Å²) in [5.41, 5.74) is 1.72. The molecule has 4 nitrogen and oxygen atoms in total. The van der Waals surface area contributed by atoms with Gasteiger partial charge in [0, 0.05) is 37.3 Å². The number of hydrogen-bond donors (Lipinski definition) is 0. The lowest BCUT2D eigenvalue weighted by Gasteiger charge is -2.26. The number of nitrogens with zero attached hydrogens (tertiary/aromatic N) is 2. The van der Waals surface area contributed by atoms with Gasteiger partial charge in [0.05, 0.1) is 18.9 Å². The van der Waals surface area contributed by atoms with E-state index in [1.807, 2.05) is 39.8 Å². The van der Waals surface area contributed by atoms with Crippen molar-refractivity contribution >= 4 is 5.78 Å². The minimum absolute atomic E-state index is 0. The van der Waals surface area contributed by atoms with Crippen LogP contribution in [0.5, 0.6) is 0 Å². The second kappa shape index (κ2) is 10.5. The normalized spacial score (nSPS) is 14.9. The molecule has 1 fully saturated rings. The molecule has 0 aliphatic carbocycles. The Morgan fingerprint density at radius 1 is 1.29 bits per heavy atom. The van der Waals surface area contributed by atoms with Gasteiger partial charge in [-0.2, -0.15) is 0 Å². The van der Waals surface area contributed by atoms with Crippen LogP contribution in [0.25, 0.3) is 0 Å². The van der Waals surface area contributed by atoms with Crippen LogP contribution in [0, 0.1) is 5.92 Å². The predicted octanol–water partition coefficient (Wildman–Crippen LogP) is 3.41. The Hall–Kier alpha value is -1.26. The van der Waals surface area contributed by atoms with Gasteiger partial charge in [-0.1, -0.05) is 35.1 Å². The maximum absolute atomic E-state index is 11.8. The van der Waals surface area contributed by atoms with E-state index in [1.54, 1.807) is 6.20 Å². The van der Waals surface area contributed by atoms with Crippen LogP contribution in [0.2, 0.25) is 0 Å². The first-order chi connectivity index (χ1) is 9.66. The molecule has 1 aromatic heterocycles. The lowest BCUT2D eigenvalue weighted by Crippen LogP contribution is -2.35. The van der Waals surface area contributed by atoms with Gasteiger partial charge < -0.3 is 4.74 Å². The van der Waals surface area contributed by atoms with E-state index in [4.69, 9.17) is 4.74 Å². The third-order valence-corrected chi connectivity index (χ3v) is 3.12. The Kier molecular flexibility index (Phi) is 9.84. The van der Waals surface area contributed by atoms with Crippen molar-refractivity contribution in [2.45, 2.75) is 41.7 Å². The van der Waals surface area contributed by atoms with Gasteiger partial charge in [-0.25, -0.2) is 0 Å². The van der Waals surface area contributed by atoms with Gasteiger partial charge in [0.1, 0.15) is 0 Å². The van der Waals surface area contributed by atoms with Crippen LogP contribution in [0.15, 0.2) is 18.3 Å². The zero-order valence-corrected chi connectivity index (χ0v) is 13.1. The van der Waals surface area contributed by atoms with E-state index in [-0.39, 0.29) is 19.1 Å². The minimum Gasteiger partial charge on any atom is -0.379 e. The first-order valence-electron chi connectivity index (χ1n) is 7.46. The highest BCUT2D eigenvalue weighted by atomic mass is 16.5. The van der Waals surface area contributed by atoms with Crippen molar-refractivity contribution in [1.29, 1.82) is 0 Å². The summed E-state index contributed by atoms with van der Waals surface area (Å²) in [4.78, 5) is 18.5. The third-order valence-electron chi connectivity index (χ3n) is 3.12. The molecule has 4 heteroatoms. The summed E-state index contributed by atoms with van der Waals surface area (Å²) in [6, 6.07) is 3.83. The summed E-state index contributed by atoms with van der Waals surface area (Å²) in [5.74, 6) is 0.178. The highest BCUT2D eigenvalue weighted by Crippen LogP contribution is 2.10. The molecule has 0 atom stereocenters. The molecule has 0 amide bonds. The van der Waals surface area contributed by atoms with Crippen LogP contribution < -0.4 is 0 Å². The molecule has 0 unspecified atom stereocenters. The van der Waals surface area contributed by atoms with Crippen LogP contribution in [0.3, 0.4) is 0 Å². The summed E-state index contributed by atoms with van der Waals surface area (Å²) in [5, 5.41) is 0. The molecule has 1 aliphatic heterocycles. The van der Waals surface area contributed by atoms with Crippen molar-refractivity contribution in [3.63, 3.8) is 0 Å². The number of ketones is 1. The van der Waals surface area contributed by atoms with Crippen molar-refractivity contribution in [3.05, 3.63) is 29.6 Å². The van der Waals surface area contributed by atoms with E-state index >= 15 is 0 Å². The summed E-state index contributed by atoms with van der Waals surface area (Å²) in [6.45, 7) is 12.1. The van der Waals surface area contributed by atoms with E-state index in [2.05, 4.69) is 9.88 Å². The number of hydrogen-bond acceptors (Lipinski definition) is 4. The molecule has 0 bridgehead atoms. The number of Topliss-reactive ketones (excluding diaryl/α,β-unsaturated/α-hetero) is 1. The first kappa shape index (κ1) is 19.7. The molecule has 1 aromatic rings. The summed E-state index contributed by atoms with van der Waals surface area (Å²) < 4.78 is 5.31. The maximum atomic E-state index is 11.8. The predicted molar refractivity (Wildman–Crippen MR) is 87.6 cm³/mol. The molecule has 2 rings (SSSR count). The number of ether oxygens (including phenoxy) is 1. The van der Waals surface area contributed by atoms with Crippen LogP contribution >= 0.6 is 0 Å². The second-order valence-corrected chi connectivity index (χ2v) is 4.95. The van der Waals surface area contributed by atoms with E-state index in [1.165, 1.54) is 0 Å². The average molecular weight is 294 g/mol. The molecular weight excluding hydrogens is 264 g/mol. The van der Waals surface area contributed by atoms with Crippen LogP contribution in [0.4, 0.5) is 0 Å². The highest BCUT2D eigenvalue weighted by Gasteiger charge is 2.13. The van der Waals surface area contributed by atoms with Gasteiger partial charge in [0.2, 0.25) is 0 Å². The van der Waals surface area contributed by atoms with Crippen molar-refractivity contribution in [2.24, 2.45) is 5.92 Å². The fourth-order valence-electron chi connectivity index (χ4n) is 1.99. The molecule has 0 saturated carbocycles. The Labute approximate surface area is 129 Å². The van der Waals surface area contributed by atoms with Crippen molar-refractivity contribution in [3.8, 4) is 0 Å². The standard InChI is InChI=1S/C14H20N2O2.C2H6.CH4/c1-11(2)14(17)12-3-4-13(15-9-12)10-16-5-7-18-8-6-16;1-2;/h3-4,9,11H,5-8,10H2,1-2H3;1-2H3;1H4. The monoisotopic (exact) mass is 294 g/mol. The van der Waals surface area contributed by atoms with Crippen molar-refractivity contribution in [1.82, 2.24) is 9.88 Å². The Morgan fingerprint density at radius 3 is 2.38 bits per heavy atom. The lowest BCUT2D eigenvalue weighted by molar-refractivity contribution is 0.0336. The lowest BCUT2D eigenvalue weighted by atomic mass is 10.0. The van der Waals surface area contributed by atoms with E-state index in [9.17, 15) is 4.79 Å². The highest BCUT2D eigenvalue weighted by molar-refractivity contribution is 5.97. The molecule has 0 radical (unpaired) electrons. The topological polar surface area (TPSA) is 42.4 Å². The fraction of sp³-hybridized carbons (Fsp3) is 0.647. The fourth-order valence-corrected chi connectivity index (χ4v) is 1.99. The van der Waals surface area contributed by atoms with Crippen molar-refractivity contribution < 1.29 is 9.53 Å². The number of pyridine rings is 1. The van der Waals surface area contributed by atoms with Gasteiger partial charge in [-0.05, 0) is 12.1 Å². The molecule has 21 heavy (non-hydrogen) atoms. The third kappa shape index (κ3) is 6.36. The van der Waals surface area contributed by atoms with Gasteiger partial charge in [0.15, 0.2) is 5.78 Å². The minimum atomic E-state index is 0. The van der Waals surface area contributed by atoms with E-state index in [0.717, 1.165) is 38.5 Å². The van der Waals surface area contributed by atoms with Gasteiger partial charge >= 0.3 is 0 Å². The van der Waals surface area contributed by atoms with Gasteiger partial charge in [0.25, 0.3) is 0 Å². The zero-order chi connectivity index (χ0) is 15.0. The van der Waals surface area contributed by atoms with Gasteiger partial charge in [-0.15, -0.1) is 0 Å². The molecule has 0 aromatic carbocycles. The number of carbonyl (C=O) groups excluding carboxylic acids is 1. The second-order valence-electron chi connectivity index (χ2n) is 4.95. The van der Waals surface area contributed by atoms with Crippen LogP contribution in [-0.4, -0.2) is 42.0 Å². The first-order valence-corrected chi connectivity index (χ1v) is 7.46. The summed E-state index contributed by atoms with van der Waals surface area (Å²) >= 11 is 0. The maximum Gasteiger partial charge on any atom is 0.166 e. The van der Waals surface area contributed by atoms with Gasteiger partial charge in [-0.3, -0.25) is 14.7 Å². The van der Waals surface area contributed by atoms with E-state index < -0.39 is 0 Å². The molecular formula is C17H30N2O2. The number of rotatable bonds is 4. The Bertz CT molecular complexity index is 396. The summed E-state index contributed by atoms with van der Waals surface area (Å²) in [7, 11) is 0. The molecule has 1 saturated heterocycles. The number of morpholine rings is 1. The molecule has 0 N–H and O–H groups in total. The van der Waals surface area contributed by atoms with Crippen LogP contribution in [-0.2, 0) is 11.3 Å². The smallest absolute Gasteiger partial charge is 0.166 e. The number of carbonyl (C=O) groups is 1. The SMILES string of the molecule is C.CC.CC(C)C(=O)c1ccc(CN2CCOCC2)nc1. The average Bonchev–Trinajstić information content (AvgIpc) is 2.50. The molecule has 0 spiro atoms. The number of aromatic nitrogens is 1. The van der Waals surface area contributed by atoms with Crippen LogP contribution in [0.1, 0.15) is 51.2 Å². The molecule has 120 valence electrons. The van der Waals surface area contributed by atoms with Crippen molar-refractivity contribution in [2.75, 3.05) is 26.3 Å². The Morgan fingerprint density at radius 2 is 1.90 bits per heavy atom. The molecule has 2 heterocycles. The molecule has 1 aliphatic rings. The zero-order valence-electron chi connectivity index (χ0n) is 13.1.